The van der Waals surface area contributed by atoms with Gasteiger partial charge in [-0.2, -0.15) is 0 Å². The predicted molar refractivity (Wildman–Crippen MR) is 251 cm³/mol. The Kier molecular flexibility index (Phi) is 23.8. The number of rotatable bonds is 0. The molecule has 0 atom stereocenters. The average Bonchev–Trinajstić information content (AvgIpc) is 4.07. The third-order valence-electron chi connectivity index (χ3n) is 17.8. The fourth-order valence-electron chi connectivity index (χ4n) is 14.8. The second kappa shape index (κ2) is 25.6. The Morgan fingerprint density at radius 3 is 0.400 bits per heavy atom. The SMILES string of the molecule is C.C.C12C3C4C1C1C2C3C41.C1C2CC1C2.C1CC2CC(C1)C2.C1CC2CC1C2.C1CC2CCC1C2.C1CC2CCC1CC2.CC.CC.CC.CC.CC.CC. The van der Waals surface area contributed by atoms with Gasteiger partial charge in [-0.15, -0.1) is 0 Å². The summed E-state index contributed by atoms with van der Waals surface area (Å²) >= 11 is 0. The van der Waals surface area contributed by atoms with E-state index in [-0.39, 0.29) is 14.9 Å². The highest BCUT2D eigenvalue weighted by Crippen LogP contribution is 3.00. The molecule has 0 aromatic rings. The van der Waals surface area contributed by atoms with Crippen molar-refractivity contribution in [2.45, 2.75) is 246 Å². The molecule has 0 aliphatic heterocycles. The molecule has 0 N–H and O–H groups in total. The van der Waals surface area contributed by atoms with Gasteiger partial charge in [0.1, 0.15) is 0 Å². The molecule has 0 nitrogen and oxygen atoms in total. The standard InChI is InChI=1S/C8H8.C8H14.2C7H12.C6H10.C5H8.6C2H6.2CH4/c1-2-5-3(1)7-4(1)6(2)8(5)7;1-2-8-5-3-7(1)4-6-8;1-2-7-4-3-6(1)5-7;1-2-6-4-7(3-1)5-6;1-2-6-3-5(1)4-6;1-4-2-5(1)3-4;6*1-2;;/h1-8H;7-8H,1-6H2;2*6-7H,1-5H2;5-6H,1-4H2;4-5H,1-3H2;6*1-2H3;2*1H4. The van der Waals surface area contributed by atoms with Crippen molar-refractivity contribution in [1.29, 1.82) is 0 Å². The number of hydrogen-bond donors (Lipinski definition) is 0. The molecule has 0 aromatic heterocycles. The lowest BCUT2D eigenvalue weighted by atomic mass is 9.01. The minimum atomic E-state index is 0. The molecule has 20 rings (SSSR count). The molecule has 20 saturated carbocycles. The molecule has 20 aliphatic carbocycles. The molecule has 0 heteroatoms. The van der Waals surface area contributed by atoms with Gasteiger partial charge in [-0.1, -0.05) is 194 Å². The minimum absolute atomic E-state index is 0. The third kappa shape index (κ3) is 10.9. The molecule has 0 spiro atoms. The Labute approximate surface area is 350 Å². The van der Waals surface area contributed by atoms with Crippen molar-refractivity contribution < 1.29 is 0 Å². The van der Waals surface area contributed by atoms with Crippen LogP contribution in [0.5, 0.6) is 0 Å². The van der Waals surface area contributed by atoms with Crippen LogP contribution in [0, 0.1) is 107 Å². The van der Waals surface area contributed by atoms with Crippen LogP contribution in [0.4, 0.5) is 0 Å². The molecular formula is C55H108. The molecular weight excluding hydrogens is 661 g/mol. The summed E-state index contributed by atoms with van der Waals surface area (Å²) in [5.74, 6) is 22.5. The number of fused-ring (bicyclic) bond motifs is 8. The molecule has 20 aliphatic rings. The van der Waals surface area contributed by atoms with Gasteiger partial charge in [0.2, 0.25) is 0 Å². The smallest absolute Gasteiger partial charge is 0.0312 e. The third-order valence-corrected chi connectivity index (χ3v) is 17.8. The van der Waals surface area contributed by atoms with Crippen LogP contribution in [0.2, 0.25) is 0 Å². The largest absolute Gasteiger partial charge is 0.0776 e. The molecule has 0 radical (unpaired) electrons. The lowest BCUT2D eigenvalue weighted by Crippen LogP contribution is -3.00. The lowest BCUT2D eigenvalue weighted by molar-refractivity contribution is -0.565. The maximum atomic E-state index is 2.00. The molecule has 0 aromatic carbocycles. The fourth-order valence-corrected chi connectivity index (χ4v) is 14.8. The topological polar surface area (TPSA) is 0 Å². The van der Waals surface area contributed by atoms with Crippen molar-refractivity contribution in [2.75, 3.05) is 0 Å². The first-order valence-corrected chi connectivity index (χ1v) is 26.2. The van der Waals surface area contributed by atoms with E-state index in [1.165, 1.54) is 101 Å². The van der Waals surface area contributed by atoms with Crippen molar-refractivity contribution in [3.8, 4) is 0 Å². The summed E-state index contributed by atoms with van der Waals surface area (Å²) < 4.78 is 0. The summed E-state index contributed by atoms with van der Waals surface area (Å²) in [4.78, 5) is 0. The zero-order valence-corrected chi connectivity index (χ0v) is 38.7. The van der Waals surface area contributed by atoms with Crippen molar-refractivity contribution in [3.05, 3.63) is 0 Å². The Morgan fingerprint density at radius 1 is 0.182 bits per heavy atom. The van der Waals surface area contributed by atoms with Crippen molar-refractivity contribution in [1.82, 2.24) is 0 Å². The van der Waals surface area contributed by atoms with Crippen LogP contribution < -0.4 is 0 Å². The van der Waals surface area contributed by atoms with Crippen LogP contribution in [0.3, 0.4) is 0 Å². The first kappa shape index (κ1) is 51.1. The fraction of sp³-hybridized carbons (Fsp3) is 1.00. The van der Waals surface area contributed by atoms with E-state index in [1.807, 2.05) is 83.1 Å². The summed E-state index contributed by atoms with van der Waals surface area (Å²) in [7, 11) is 0. The first-order valence-electron chi connectivity index (χ1n) is 26.2. The monoisotopic (exact) mass is 769 g/mol. The van der Waals surface area contributed by atoms with E-state index >= 15 is 0 Å². The summed E-state index contributed by atoms with van der Waals surface area (Å²) in [5, 5.41) is 0. The van der Waals surface area contributed by atoms with Crippen LogP contribution in [-0.4, -0.2) is 0 Å². The summed E-state index contributed by atoms with van der Waals surface area (Å²) in [6.07, 6.45) is 36.0. The van der Waals surface area contributed by atoms with Crippen molar-refractivity contribution in [2.24, 2.45) is 107 Å². The highest BCUT2D eigenvalue weighted by atomic mass is 15.0. The summed E-state index contributed by atoms with van der Waals surface area (Å²) in [6, 6.07) is 0. The van der Waals surface area contributed by atoms with Gasteiger partial charge in [-0.05, 0) is 158 Å². The van der Waals surface area contributed by atoms with E-state index in [0.29, 0.717) is 0 Å². The van der Waals surface area contributed by atoms with E-state index in [4.69, 9.17) is 0 Å². The van der Waals surface area contributed by atoms with E-state index in [2.05, 4.69) is 0 Å². The van der Waals surface area contributed by atoms with Gasteiger partial charge in [0, 0.05) is 0 Å². The van der Waals surface area contributed by atoms with E-state index in [1.54, 1.807) is 141 Å². The van der Waals surface area contributed by atoms with Crippen molar-refractivity contribution in [3.63, 3.8) is 0 Å². The molecule has 20 fully saturated rings. The molecule has 0 heterocycles. The van der Waals surface area contributed by atoms with Crippen LogP contribution in [0.15, 0.2) is 0 Å². The lowest BCUT2D eigenvalue weighted by Gasteiger charge is -3.03. The Morgan fingerprint density at radius 2 is 0.327 bits per heavy atom. The molecule has 0 saturated heterocycles. The zero-order chi connectivity index (χ0) is 38.7. The molecule has 0 unspecified atom stereocenters. The van der Waals surface area contributed by atoms with Gasteiger partial charge < -0.3 is 0 Å². The summed E-state index contributed by atoms with van der Waals surface area (Å²) in [6.45, 7) is 24.0. The van der Waals surface area contributed by atoms with Gasteiger partial charge in [0.25, 0.3) is 0 Å². The predicted octanol–water partition coefficient (Wildman–Crippen LogP) is 18.6. The minimum Gasteiger partial charge on any atom is -0.0776 e. The zero-order valence-electron chi connectivity index (χ0n) is 38.7. The second-order valence-electron chi connectivity index (χ2n) is 19.6. The van der Waals surface area contributed by atoms with Crippen molar-refractivity contribution >= 4 is 0 Å². The maximum Gasteiger partial charge on any atom is -0.0312 e. The van der Waals surface area contributed by atoms with Gasteiger partial charge in [0.05, 0.1) is 0 Å². The molecule has 328 valence electrons. The highest BCUT2D eigenvalue weighted by Gasteiger charge is 2.97. The summed E-state index contributed by atoms with van der Waals surface area (Å²) in [5.41, 5.74) is 0. The van der Waals surface area contributed by atoms with Gasteiger partial charge >= 0.3 is 0 Å². The van der Waals surface area contributed by atoms with Gasteiger partial charge in [0.15, 0.2) is 0 Å². The van der Waals surface area contributed by atoms with Crippen LogP contribution in [-0.2, 0) is 0 Å². The number of hydrogen-bond acceptors (Lipinski definition) is 0. The van der Waals surface area contributed by atoms with Gasteiger partial charge in [-0.25, -0.2) is 0 Å². The highest BCUT2D eigenvalue weighted by molar-refractivity contribution is 5.44. The van der Waals surface area contributed by atoms with E-state index < -0.39 is 0 Å². The molecule has 55 heavy (non-hydrogen) atoms. The van der Waals surface area contributed by atoms with E-state index in [9.17, 15) is 0 Å². The maximum absolute atomic E-state index is 2.00. The molecule has 10 bridgehead atoms. The van der Waals surface area contributed by atoms with E-state index in [0.717, 1.165) is 11.8 Å². The first-order chi connectivity index (χ1) is 26.2. The van der Waals surface area contributed by atoms with Gasteiger partial charge in [-0.3, -0.25) is 0 Å². The second-order valence-corrected chi connectivity index (χ2v) is 19.6. The Bertz CT molecular complexity index is 747. The normalized spacial score (nSPS) is 46.0. The van der Waals surface area contributed by atoms with Crippen LogP contribution in [0.1, 0.15) is 246 Å². The quantitative estimate of drug-likeness (QED) is 0.230. The Hall–Kier alpha value is 0. The van der Waals surface area contributed by atoms with Crippen LogP contribution in [0.25, 0.3) is 0 Å². The van der Waals surface area contributed by atoms with Crippen LogP contribution >= 0.6 is 0 Å². The average molecular weight is 769 g/mol. The Balaban J connectivity index is 0.000000216. The molecule has 0 amide bonds.